The lowest BCUT2D eigenvalue weighted by Crippen LogP contribution is -2.47. The highest BCUT2D eigenvalue weighted by molar-refractivity contribution is 8.00. The average molecular weight is 280 g/mol. The zero-order chi connectivity index (χ0) is 14.0. The Morgan fingerprint density at radius 3 is 2.79 bits per heavy atom. The molecule has 102 valence electrons. The van der Waals surface area contributed by atoms with Crippen LogP contribution in [0.1, 0.15) is 24.2 Å². The molecule has 1 aliphatic heterocycles. The molecule has 0 radical (unpaired) electrons. The van der Waals surface area contributed by atoms with Crippen molar-refractivity contribution in [1.82, 2.24) is 9.88 Å². The van der Waals surface area contributed by atoms with Crippen molar-refractivity contribution in [3.63, 3.8) is 0 Å². The number of nitrogens with zero attached hydrogens (tertiary/aromatic N) is 2. The maximum absolute atomic E-state index is 12.5. The fraction of sp³-hybridized carbons (Fsp3) is 0.462. The number of carbonyl (C=O) groups excluding carboxylic acids is 1. The molecule has 1 amide bonds. The minimum Gasteiger partial charge on any atom is -0.480 e. The van der Waals surface area contributed by atoms with Gasteiger partial charge in [0.2, 0.25) is 0 Å². The van der Waals surface area contributed by atoms with E-state index < -0.39 is 12.0 Å². The van der Waals surface area contributed by atoms with Crippen molar-refractivity contribution in [3.05, 3.63) is 30.1 Å². The Hall–Kier alpha value is -1.56. The van der Waals surface area contributed by atoms with Gasteiger partial charge in [-0.1, -0.05) is 13.8 Å². The van der Waals surface area contributed by atoms with Crippen molar-refractivity contribution in [2.45, 2.75) is 25.3 Å². The molecule has 2 atom stereocenters. The smallest absolute Gasteiger partial charge is 0.327 e. The Kier molecular flexibility index (Phi) is 4.09. The first-order chi connectivity index (χ1) is 9.02. The number of thioether (sulfide) groups is 1. The summed E-state index contributed by atoms with van der Waals surface area (Å²) in [5.74, 6) is -0.573. The van der Waals surface area contributed by atoms with Crippen LogP contribution in [-0.2, 0) is 4.79 Å². The number of hydrogen-bond donors (Lipinski definition) is 1. The highest BCUT2D eigenvalue weighted by Crippen LogP contribution is 2.35. The molecule has 5 nitrogen and oxygen atoms in total. The normalized spacial score (nSPS) is 22.8. The molecule has 1 saturated heterocycles. The molecule has 1 aromatic rings. The van der Waals surface area contributed by atoms with Gasteiger partial charge >= 0.3 is 5.97 Å². The summed E-state index contributed by atoms with van der Waals surface area (Å²) in [5, 5.41) is 9.15. The number of carboxylic acid groups (broad SMARTS) is 1. The van der Waals surface area contributed by atoms with Crippen molar-refractivity contribution in [3.8, 4) is 0 Å². The van der Waals surface area contributed by atoms with Gasteiger partial charge in [-0.05, 0) is 18.1 Å². The summed E-state index contributed by atoms with van der Waals surface area (Å²) in [7, 11) is 0. The van der Waals surface area contributed by atoms with Crippen LogP contribution < -0.4 is 0 Å². The molecule has 6 heteroatoms. The highest BCUT2D eigenvalue weighted by Gasteiger charge is 2.43. The molecule has 2 rings (SSSR count). The van der Waals surface area contributed by atoms with Crippen LogP contribution in [0.4, 0.5) is 0 Å². The Morgan fingerprint density at radius 2 is 2.26 bits per heavy atom. The number of hydrogen-bond acceptors (Lipinski definition) is 4. The zero-order valence-corrected chi connectivity index (χ0v) is 11.6. The first-order valence-corrected chi connectivity index (χ1v) is 7.14. The van der Waals surface area contributed by atoms with Gasteiger partial charge < -0.3 is 10.0 Å². The fourth-order valence-electron chi connectivity index (χ4n) is 2.13. The van der Waals surface area contributed by atoms with Crippen LogP contribution in [0.15, 0.2) is 24.5 Å². The second-order valence-electron chi connectivity index (χ2n) is 4.78. The summed E-state index contributed by atoms with van der Waals surface area (Å²) in [4.78, 5) is 29.2. The van der Waals surface area contributed by atoms with Gasteiger partial charge in [-0.25, -0.2) is 4.79 Å². The van der Waals surface area contributed by atoms with Crippen molar-refractivity contribution in [2.24, 2.45) is 5.92 Å². The van der Waals surface area contributed by atoms with E-state index in [1.807, 2.05) is 13.8 Å². The van der Waals surface area contributed by atoms with Gasteiger partial charge in [0, 0.05) is 18.1 Å². The Labute approximate surface area is 116 Å². The summed E-state index contributed by atoms with van der Waals surface area (Å²) in [6.07, 6.45) is 3.06. The van der Waals surface area contributed by atoms with Crippen molar-refractivity contribution >= 4 is 23.6 Å². The highest BCUT2D eigenvalue weighted by atomic mass is 32.2. The van der Waals surface area contributed by atoms with E-state index in [9.17, 15) is 14.7 Å². The lowest BCUT2D eigenvalue weighted by atomic mass is 10.1. The van der Waals surface area contributed by atoms with Crippen LogP contribution in [0, 0.1) is 5.92 Å². The number of amides is 1. The van der Waals surface area contributed by atoms with Crippen LogP contribution in [-0.4, -0.2) is 44.0 Å². The van der Waals surface area contributed by atoms with Crippen molar-refractivity contribution < 1.29 is 14.7 Å². The number of carbonyl (C=O) groups is 2. The molecule has 0 bridgehead atoms. The summed E-state index contributed by atoms with van der Waals surface area (Å²) < 4.78 is 0. The Balaban J connectivity index is 2.31. The number of carboxylic acids is 1. The number of pyridine rings is 1. The molecule has 1 fully saturated rings. The molecule has 1 aromatic heterocycles. The zero-order valence-electron chi connectivity index (χ0n) is 10.8. The van der Waals surface area contributed by atoms with Gasteiger partial charge in [-0.15, -0.1) is 11.8 Å². The monoisotopic (exact) mass is 280 g/mol. The number of rotatable bonds is 3. The molecule has 19 heavy (non-hydrogen) atoms. The van der Waals surface area contributed by atoms with Crippen LogP contribution in [0.3, 0.4) is 0 Å². The molecular formula is C13H16N2O3S. The summed E-state index contributed by atoms with van der Waals surface area (Å²) >= 11 is 1.52. The van der Waals surface area contributed by atoms with E-state index in [1.165, 1.54) is 22.9 Å². The number of aliphatic carboxylic acids is 1. The largest absolute Gasteiger partial charge is 0.480 e. The van der Waals surface area contributed by atoms with Crippen LogP contribution in [0.5, 0.6) is 0 Å². The van der Waals surface area contributed by atoms with Gasteiger partial charge in [0.25, 0.3) is 5.91 Å². The molecular weight excluding hydrogens is 264 g/mol. The van der Waals surface area contributed by atoms with E-state index in [0.717, 1.165) is 0 Å². The van der Waals surface area contributed by atoms with Crippen LogP contribution in [0.2, 0.25) is 0 Å². The minimum atomic E-state index is -0.951. The molecule has 0 spiro atoms. The van der Waals surface area contributed by atoms with Crippen molar-refractivity contribution in [1.29, 1.82) is 0 Å². The molecule has 0 aliphatic carbocycles. The van der Waals surface area contributed by atoms with Gasteiger partial charge in [0.15, 0.2) is 0 Å². The molecule has 1 N–H and O–H groups in total. The van der Waals surface area contributed by atoms with E-state index >= 15 is 0 Å². The SMILES string of the molecule is CC(C)C1SCC(C(=O)O)N1C(=O)c1cccnc1. The second kappa shape index (κ2) is 5.61. The van der Waals surface area contributed by atoms with Crippen molar-refractivity contribution in [2.75, 3.05) is 5.75 Å². The van der Waals surface area contributed by atoms with Gasteiger partial charge in [-0.3, -0.25) is 9.78 Å². The molecule has 2 unspecified atom stereocenters. The Morgan fingerprint density at radius 1 is 1.53 bits per heavy atom. The summed E-state index contributed by atoms with van der Waals surface area (Å²) in [6.45, 7) is 3.98. The predicted molar refractivity (Wildman–Crippen MR) is 72.9 cm³/mol. The Bertz CT molecular complexity index is 478. The molecule has 0 aromatic carbocycles. The van der Waals surface area contributed by atoms with E-state index in [2.05, 4.69) is 4.98 Å². The maximum Gasteiger partial charge on any atom is 0.327 e. The van der Waals surface area contributed by atoms with E-state index in [-0.39, 0.29) is 17.2 Å². The van der Waals surface area contributed by atoms with E-state index in [1.54, 1.807) is 18.3 Å². The van der Waals surface area contributed by atoms with E-state index in [0.29, 0.717) is 11.3 Å². The topological polar surface area (TPSA) is 70.5 Å². The lowest BCUT2D eigenvalue weighted by Gasteiger charge is -2.29. The first kappa shape index (κ1) is 13.9. The predicted octanol–water partition coefficient (Wildman–Crippen LogP) is 1.71. The van der Waals surface area contributed by atoms with Gasteiger partial charge in [0.1, 0.15) is 6.04 Å². The van der Waals surface area contributed by atoms with Gasteiger partial charge in [-0.2, -0.15) is 0 Å². The molecule has 0 saturated carbocycles. The van der Waals surface area contributed by atoms with Crippen LogP contribution >= 0.6 is 11.8 Å². The van der Waals surface area contributed by atoms with Gasteiger partial charge in [0.05, 0.1) is 10.9 Å². The summed E-state index contributed by atoms with van der Waals surface area (Å²) in [6, 6.07) is 2.58. The third-order valence-electron chi connectivity index (χ3n) is 3.03. The molecule has 1 aliphatic rings. The lowest BCUT2D eigenvalue weighted by molar-refractivity contribution is -0.141. The third kappa shape index (κ3) is 2.73. The maximum atomic E-state index is 12.5. The second-order valence-corrected chi connectivity index (χ2v) is 5.93. The first-order valence-electron chi connectivity index (χ1n) is 6.09. The van der Waals surface area contributed by atoms with Crippen LogP contribution in [0.25, 0.3) is 0 Å². The minimum absolute atomic E-state index is 0.103. The summed E-state index contributed by atoms with van der Waals surface area (Å²) in [5.41, 5.74) is 0.432. The van der Waals surface area contributed by atoms with E-state index in [4.69, 9.17) is 0 Å². The number of aromatic nitrogens is 1. The standard InChI is InChI=1S/C13H16N2O3S/c1-8(2)12-15(10(7-19-12)13(17)18)11(16)9-4-3-5-14-6-9/h3-6,8,10,12H,7H2,1-2H3,(H,17,18). The quantitative estimate of drug-likeness (QED) is 0.912. The molecule has 2 heterocycles. The third-order valence-corrected chi connectivity index (χ3v) is 4.65. The fourth-order valence-corrected chi connectivity index (χ4v) is 3.60. The average Bonchev–Trinajstić information content (AvgIpc) is 2.83.